The minimum Gasteiger partial charge on any atom is -0.467 e. The van der Waals surface area contributed by atoms with Crippen molar-refractivity contribution in [1.82, 2.24) is 10.6 Å². The molecule has 0 fully saturated rings. The van der Waals surface area contributed by atoms with E-state index in [2.05, 4.69) is 10.6 Å². The average Bonchev–Trinajstić information content (AvgIpc) is 2.94. The van der Waals surface area contributed by atoms with E-state index in [-0.39, 0.29) is 35.5 Å². The van der Waals surface area contributed by atoms with Gasteiger partial charge in [0.1, 0.15) is 34.8 Å². The molecule has 262 valence electrons. The first-order chi connectivity index (χ1) is 22.2. The monoisotopic (exact) mass is 672 g/mol. The average molecular weight is 673 g/mol. The van der Waals surface area contributed by atoms with Crippen LogP contribution in [-0.2, 0) is 51.0 Å². The minimum atomic E-state index is -1.16. The molecule has 0 aromatic heterocycles. The van der Waals surface area contributed by atoms with E-state index in [0.717, 1.165) is 0 Å². The maximum atomic E-state index is 12.6. The Kier molecular flexibility index (Phi) is 13.5. The van der Waals surface area contributed by atoms with Gasteiger partial charge in [-0.15, -0.1) is 0 Å². The van der Waals surface area contributed by atoms with E-state index in [1.165, 1.54) is 40.2 Å². The number of esters is 4. The van der Waals surface area contributed by atoms with Crippen LogP contribution in [0.4, 0.5) is 9.59 Å². The number of methoxy groups -OCH3 is 2. The Morgan fingerprint density at radius 2 is 0.938 bits per heavy atom. The number of hydrogen-bond acceptors (Lipinski definition) is 12. The van der Waals surface area contributed by atoms with Crippen molar-refractivity contribution in [2.24, 2.45) is 0 Å². The topological polar surface area (TPSA) is 182 Å². The van der Waals surface area contributed by atoms with Crippen LogP contribution in [-0.4, -0.2) is 73.6 Å². The van der Waals surface area contributed by atoms with Crippen molar-refractivity contribution in [2.75, 3.05) is 14.2 Å². The first-order valence-electron chi connectivity index (χ1n) is 15.0. The predicted octanol–water partition coefficient (Wildman–Crippen LogP) is 4.42. The molecule has 2 amide bonds. The maximum Gasteiger partial charge on any atom is 0.408 e. The number of hydrogen-bond donors (Lipinski definition) is 2. The van der Waals surface area contributed by atoms with E-state index in [1.54, 1.807) is 65.8 Å². The van der Waals surface area contributed by atoms with Gasteiger partial charge >= 0.3 is 36.1 Å². The summed E-state index contributed by atoms with van der Waals surface area (Å²) in [5.74, 6) is -2.58. The van der Waals surface area contributed by atoms with Gasteiger partial charge in [0.25, 0.3) is 0 Å². The van der Waals surface area contributed by atoms with E-state index in [4.69, 9.17) is 28.4 Å². The lowest BCUT2D eigenvalue weighted by Crippen LogP contribution is -2.45. The number of alkyl carbamates (subject to hydrolysis) is 2. The number of carbonyl (C=O) groups excluding carboxylic acids is 6. The SMILES string of the molecule is COC(=O)[C@H](Cc1ccc(OC(C)=O)c(-c2cc(C[C@H](NC(=O)OC(C)(C)C)C(=O)OC)ccc2OC(C)=O)c1)NC(=O)OC(C)(C)C. The van der Waals surface area contributed by atoms with Gasteiger partial charge in [0.05, 0.1) is 14.2 Å². The fourth-order valence-corrected chi connectivity index (χ4v) is 4.36. The van der Waals surface area contributed by atoms with E-state index >= 15 is 0 Å². The number of benzene rings is 2. The molecule has 2 rings (SSSR count). The zero-order valence-electron chi connectivity index (χ0n) is 28.9. The molecule has 2 aromatic carbocycles. The highest BCUT2D eigenvalue weighted by atomic mass is 16.6. The van der Waals surface area contributed by atoms with Crippen LogP contribution in [0.25, 0.3) is 11.1 Å². The second kappa shape index (κ2) is 16.6. The third kappa shape index (κ3) is 12.9. The Balaban J connectivity index is 2.65. The van der Waals surface area contributed by atoms with Crippen LogP contribution in [0.1, 0.15) is 66.5 Å². The van der Waals surface area contributed by atoms with Gasteiger partial charge in [0.15, 0.2) is 0 Å². The zero-order valence-corrected chi connectivity index (χ0v) is 28.9. The molecule has 0 spiro atoms. The van der Waals surface area contributed by atoms with Gasteiger partial charge in [-0.1, -0.05) is 12.1 Å². The fourth-order valence-electron chi connectivity index (χ4n) is 4.36. The fraction of sp³-hybridized carbons (Fsp3) is 0.471. The van der Waals surface area contributed by atoms with E-state index in [9.17, 15) is 28.8 Å². The summed E-state index contributed by atoms with van der Waals surface area (Å²) in [5, 5.41) is 5.03. The van der Waals surface area contributed by atoms with Gasteiger partial charge in [0.2, 0.25) is 0 Å². The maximum absolute atomic E-state index is 12.6. The highest BCUT2D eigenvalue weighted by Crippen LogP contribution is 2.39. The summed E-state index contributed by atoms with van der Waals surface area (Å²) >= 11 is 0. The first kappa shape index (κ1) is 39.0. The molecular formula is C34H44N2O12. The summed E-state index contributed by atoms with van der Waals surface area (Å²) in [5.41, 5.74) is -0.113. The number of rotatable bonds is 11. The molecular weight excluding hydrogens is 628 g/mol. The molecule has 0 radical (unpaired) electrons. The number of nitrogens with one attached hydrogen (secondary N) is 2. The summed E-state index contributed by atoms with van der Waals surface area (Å²) in [6, 6.07) is 7.01. The Morgan fingerprint density at radius 3 is 1.21 bits per heavy atom. The predicted molar refractivity (Wildman–Crippen MR) is 172 cm³/mol. The molecule has 0 aliphatic rings. The van der Waals surface area contributed by atoms with Crippen molar-refractivity contribution in [1.29, 1.82) is 0 Å². The number of amides is 2. The van der Waals surface area contributed by atoms with Crippen LogP contribution in [0.2, 0.25) is 0 Å². The van der Waals surface area contributed by atoms with Crippen LogP contribution in [0.5, 0.6) is 11.5 Å². The first-order valence-corrected chi connectivity index (χ1v) is 15.0. The highest BCUT2D eigenvalue weighted by Gasteiger charge is 2.28. The van der Waals surface area contributed by atoms with Gasteiger partial charge in [0, 0.05) is 37.8 Å². The van der Waals surface area contributed by atoms with Gasteiger partial charge < -0.3 is 39.1 Å². The van der Waals surface area contributed by atoms with Crippen LogP contribution in [0, 0.1) is 0 Å². The molecule has 0 saturated heterocycles. The summed E-state index contributed by atoms with van der Waals surface area (Å²) in [6.45, 7) is 12.5. The lowest BCUT2D eigenvalue weighted by Gasteiger charge is -2.23. The lowest BCUT2D eigenvalue weighted by molar-refractivity contribution is -0.143. The van der Waals surface area contributed by atoms with Crippen molar-refractivity contribution in [2.45, 2.75) is 91.5 Å². The summed E-state index contributed by atoms with van der Waals surface area (Å²) < 4.78 is 31.3. The van der Waals surface area contributed by atoms with Crippen molar-refractivity contribution in [3.05, 3.63) is 47.5 Å². The largest absolute Gasteiger partial charge is 0.467 e. The lowest BCUT2D eigenvalue weighted by atomic mass is 9.95. The van der Waals surface area contributed by atoms with Crippen molar-refractivity contribution >= 4 is 36.1 Å². The molecule has 14 heteroatoms. The second-order valence-electron chi connectivity index (χ2n) is 12.7. The van der Waals surface area contributed by atoms with Crippen LogP contribution >= 0.6 is 0 Å². The highest BCUT2D eigenvalue weighted by molar-refractivity contribution is 5.85. The summed E-state index contributed by atoms with van der Waals surface area (Å²) in [6.07, 6.45) is -1.79. The zero-order chi connectivity index (χ0) is 36.4. The molecule has 0 saturated carbocycles. The summed E-state index contributed by atoms with van der Waals surface area (Å²) in [7, 11) is 2.36. The van der Waals surface area contributed by atoms with E-state index in [1.807, 2.05) is 0 Å². The van der Waals surface area contributed by atoms with Crippen molar-refractivity contribution in [3.63, 3.8) is 0 Å². The Hall–Kier alpha value is -5.14. The molecule has 0 aliphatic carbocycles. The smallest absolute Gasteiger partial charge is 0.408 e. The molecule has 14 nitrogen and oxygen atoms in total. The standard InChI is InChI=1S/C34H44N2O12/c1-19(37)45-27-13-11-21(17-25(29(39)43-9)35-31(41)47-33(3,4)5)15-23(27)24-16-22(12-14-28(24)46-20(2)38)18-26(30(40)44-10)36-32(42)48-34(6,7)8/h11-16,25-26H,17-18H2,1-10H3,(H,35,41)(H,36,42)/t25-,26-/m0/s1. The van der Waals surface area contributed by atoms with Crippen molar-refractivity contribution in [3.8, 4) is 22.6 Å². The van der Waals surface area contributed by atoms with E-state index in [0.29, 0.717) is 11.1 Å². The van der Waals surface area contributed by atoms with Crippen LogP contribution in [0.3, 0.4) is 0 Å². The second-order valence-corrected chi connectivity index (χ2v) is 12.7. The van der Waals surface area contributed by atoms with Gasteiger partial charge in [-0.05, 0) is 76.9 Å². The Labute approximate surface area is 279 Å². The normalized spacial score (nSPS) is 12.5. The molecule has 2 N–H and O–H groups in total. The van der Waals surface area contributed by atoms with Gasteiger partial charge in [-0.3, -0.25) is 9.59 Å². The molecule has 2 atom stereocenters. The van der Waals surface area contributed by atoms with Crippen LogP contribution < -0.4 is 20.1 Å². The third-order valence-corrected chi connectivity index (χ3v) is 6.12. The summed E-state index contributed by atoms with van der Waals surface area (Å²) in [4.78, 5) is 74.5. The van der Waals surface area contributed by atoms with Crippen LogP contribution in [0.15, 0.2) is 36.4 Å². The molecule has 2 aromatic rings. The quantitative estimate of drug-likeness (QED) is 0.195. The van der Waals surface area contributed by atoms with Gasteiger partial charge in [-0.2, -0.15) is 0 Å². The minimum absolute atomic E-state index is 0.0634. The Morgan fingerprint density at radius 1 is 0.604 bits per heavy atom. The third-order valence-electron chi connectivity index (χ3n) is 6.12. The molecule has 0 aliphatic heterocycles. The van der Waals surface area contributed by atoms with E-state index < -0.39 is 59.3 Å². The number of ether oxygens (including phenoxy) is 6. The van der Waals surface area contributed by atoms with Crippen molar-refractivity contribution < 1.29 is 57.2 Å². The molecule has 0 bridgehead atoms. The molecule has 0 unspecified atom stereocenters. The molecule has 0 heterocycles. The Bertz CT molecular complexity index is 1410. The van der Waals surface area contributed by atoms with Gasteiger partial charge in [-0.25, -0.2) is 19.2 Å². The molecule has 48 heavy (non-hydrogen) atoms. The number of carbonyl (C=O) groups is 6.